The summed E-state index contributed by atoms with van der Waals surface area (Å²) in [7, 11) is 0. The molecule has 1 heterocycles. The molecule has 0 aliphatic heterocycles. The lowest BCUT2D eigenvalue weighted by molar-refractivity contribution is 0.340. The van der Waals surface area contributed by atoms with Crippen molar-refractivity contribution in [3.05, 3.63) is 41.0 Å². The maximum Gasteiger partial charge on any atom is 0.119 e. The van der Waals surface area contributed by atoms with Gasteiger partial charge in [-0.2, -0.15) is 5.10 Å². The van der Waals surface area contributed by atoms with Crippen LogP contribution in [-0.4, -0.2) is 16.8 Å². The first-order valence-electron chi connectivity index (χ1n) is 5.08. The van der Waals surface area contributed by atoms with Crippen LogP contribution in [0.3, 0.4) is 0 Å². The Morgan fingerprint density at radius 2 is 1.94 bits per heavy atom. The summed E-state index contributed by atoms with van der Waals surface area (Å²) in [5.74, 6) is 0.870. The summed E-state index contributed by atoms with van der Waals surface area (Å²) < 4.78 is 6.00. The molecule has 0 atom stereocenters. The van der Waals surface area contributed by atoms with E-state index < -0.39 is 0 Å². The van der Waals surface area contributed by atoms with E-state index in [0.717, 1.165) is 17.0 Å². The van der Waals surface area contributed by atoms with Gasteiger partial charge in [0, 0.05) is 5.56 Å². The van der Waals surface area contributed by atoms with E-state index in [1.807, 2.05) is 43.3 Å². The molecule has 1 N–H and O–H groups in total. The fraction of sp³-hybridized carbons (Fsp3) is 0.167. The van der Waals surface area contributed by atoms with E-state index in [2.05, 4.69) is 10.2 Å². The summed E-state index contributed by atoms with van der Waals surface area (Å²) in [4.78, 5) is 0. The van der Waals surface area contributed by atoms with Crippen molar-refractivity contribution in [2.24, 2.45) is 0 Å². The van der Waals surface area contributed by atoms with Crippen molar-refractivity contribution in [3.8, 4) is 17.0 Å². The molecule has 0 aliphatic rings. The molecule has 0 spiro atoms. The molecule has 0 unspecified atom stereocenters. The summed E-state index contributed by atoms with van der Waals surface area (Å²) in [6.45, 7) is 2.64. The molecule has 0 amide bonds. The van der Waals surface area contributed by atoms with Gasteiger partial charge in [-0.15, -0.1) is 0 Å². The van der Waals surface area contributed by atoms with Crippen molar-refractivity contribution < 1.29 is 4.74 Å². The van der Waals surface area contributed by atoms with Gasteiger partial charge in [-0.1, -0.05) is 12.2 Å². The maximum atomic E-state index is 5.37. The van der Waals surface area contributed by atoms with Gasteiger partial charge in [-0.05, 0) is 43.3 Å². The predicted molar refractivity (Wildman–Crippen MR) is 66.0 cm³/mol. The highest BCUT2D eigenvalue weighted by molar-refractivity contribution is 7.71. The third-order valence-electron chi connectivity index (χ3n) is 2.14. The van der Waals surface area contributed by atoms with Crippen molar-refractivity contribution in [3.63, 3.8) is 0 Å². The van der Waals surface area contributed by atoms with Gasteiger partial charge in [0.2, 0.25) is 0 Å². The Bertz CT molecular complexity index is 499. The van der Waals surface area contributed by atoms with E-state index in [-0.39, 0.29) is 0 Å². The fourth-order valence-corrected chi connectivity index (χ4v) is 1.51. The van der Waals surface area contributed by atoms with Crippen LogP contribution in [0.2, 0.25) is 0 Å². The summed E-state index contributed by atoms with van der Waals surface area (Å²) >= 11 is 4.94. The topological polar surface area (TPSA) is 37.9 Å². The number of aromatic nitrogens is 2. The minimum Gasteiger partial charge on any atom is -0.494 e. The number of rotatable bonds is 3. The molecule has 16 heavy (non-hydrogen) atoms. The molecule has 1 aromatic carbocycles. The van der Waals surface area contributed by atoms with Crippen molar-refractivity contribution in [1.29, 1.82) is 0 Å². The Morgan fingerprint density at radius 3 is 2.50 bits per heavy atom. The van der Waals surface area contributed by atoms with E-state index in [1.165, 1.54) is 0 Å². The van der Waals surface area contributed by atoms with E-state index in [4.69, 9.17) is 17.0 Å². The van der Waals surface area contributed by atoms with Crippen LogP contribution >= 0.6 is 12.2 Å². The lowest BCUT2D eigenvalue weighted by Gasteiger charge is -2.04. The highest BCUT2D eigenvalue weighted by Crippen LogP contribution is 2.19. The minimum atomic E-state index is 0.634. The number of aromatic amines is 1. The van der Waals surface area contributed by atoms with E-state index in [1.54, 1.807) is 0 Å². The van der Waals surface area contributed by atoms with Gasteiger partial charge < -0.3 is 4.74 Å². The second-order valence-corrected chi connectivity index (χ2v) is 3.70. The number of hydrogen-bond donors (Lipinski definition) is 1. The number of H-pyrrole nitrogens is 1. The lowest BCUT2D eigenvalue weighted by Crippen LogP contribution is -1.91. The zero-order valence-electron chi connectivity index (χ0n) is 8.93. The fourth-order valence-electron chi connectivity index (χ4n) is 1.39. The van der Waals surface area contributed by atoms with Crippen LogP contribution in [0, 0.1) is 4.64 Å². The molecule has 2 rings (SSSR count). The number of nitrogens with one attached hydrogen (secondary N) is 1. The molecule has 0 saturated carbocycles. The molecule has 0 bridgehead atoms. The minimum absolute atomic E-state index is 0.634. The molecule has 82 valence electrons. The highest BCUT2D eigenvalue weighted by Gasteiger charge is 1.99. The van der Waals surface area contributed by atoms with E-state index in [0.29, 0.717) is 11.2 Å². The van der Waals surface area contributed by atoms with E-state index >= 15 is 0 Å². The molecule has 3 nitrogen and oxygen atoms in total. The van der Waals surface area contributed by atoms with Gasteiger partial charge in [0.25, 0.3) is 0 Å². The molecular weight excluding hydrogens is 220 g/mol. The highest BCUT2D eigenvalue weighted by atomic mass is 32.1. The van der Waals surface area contributed by atoms with Gasteiger partial charge >= 0.3 is 0 Å². The average molecular weight is 232 g/mol. The molecule has 0 aliphatic carbocycles. The normalized spacial score (nSPS) is 10.1. The SMILES string of the molecule is CCOc1ccc(-c2ccc(=S)[nH]n2)cc1. The summed E-state index contributed by atoms with van der Waals surface area (Å²) in [5, 5.41) is 6.93. The Morgan fingerprint density at radius 1 is 1.19 bits per heavy atom. The Kier molecular flexibility index (Phi) is 3.31. The average Bonchev–Trinajstić information content (AvgIpc) is 2.32. The molecule has 1 aromatic heterocycles. The Labute approximate surface area is 99.1 Å². The summed E-state index contributed by atoms with van der Waals surface area (Å²) in [6, 6.07) is 11.5. The van der Waals surface area contributed by atoms with Crippen LogP contribution in [0.15, 0.2) is 36.4 Å². The third kappa shape index (κ3) is 2.46. The zero-order chi connectivity index (χ0) is 11.4. The van der Waals surface area contributed by atoms with Gasteiger partial charge in [0.05, 0.1) is 12.3 Å². The molecule has 0 radical (unpaired) electrons. The Balaban J connectivity index is 2.27. The number of benzene rings is 1. The molecule has 2 aromatic rings. The van der Waals surface area contributed by atoms with Crippen molar-refractivity contribution in [2.45, 2.75) is 6.92 Å². The third-order valence-corrected chi connectivity index (χ3v) is 2.37. The monoisotopic (exact) mass is 232 g/mol. The quantitative estimate of drug-likeness (QED) is 0.826. The first-order chi connectivity index (χ1) is 7.79. The van der Waals surface area contributed by atoms with Crippen LogP contribution in [0.5, 0.6) is 5.75 Å². The smallest absolute Gasteiger partial charge is 0.119 e. The van der Waals surface area contributed by atoms with Gasteiger partial charge in [-0.25, -0.2) is 0 Å². The lowest BCUT2D eigenvalue weighted by atomic mass is 10.1. The van der Waals surface area contributed by atoms with Gasteiger partial charge in [0.15, 0.2) is 0 Å². The standard InChI is InChI=1S/C12H12N2OS/c1-2-15-10-5-3-9(4-6-10)11-7-8-12(16)14-13-11/h3-8H,2H2,1H3,(H,14,16). The van der Waals surface area contributed by atoms with Crippen LogP contribution < -0.4 is 4.74 Å². The van der Waals surface area contributed by atoms with Gasteiger partial charge in [-0.3, -0.25) is 5.10 Å². The number of hydrogen-bond acceptors (Lipinski definition) is 3. The predicted octanol–water partition coefficient (Wildman–Crippen LogP) is 3.20. The Hall–Kier alpha value is -1.68. The van der Waals surface area contributed by atoms with Gasteiger partial charge in [0.1, 0.15) is 10.4 Å². The van der Waals surface area contributed by atoms with Crippen molar-refractivity contribution >= 4 is 12.2 Å². The van der Waals surface area contributed by atoms with Crippen molar-refractivity contribution in [1.82, 2.24) is 10.2 Å². The second kappa shape index (κ2) is 4.90. The number of nitrogens with zero attached hydrogens (tertiary/aromatic N) is 1. The van der Waals surface area contributed by atoms with Crippen molar-refractivity contribution in [2.75, 3.05) is 6.61 Å². The first kappa shape index (κ1) is 10.8. The number of ether oxygens (including phenoxy) is 1. The molecule has 4 heteroatoms. The molecular formula is C12H12N2OS. The van der Waals surface area contributed by atoms with E-state index in [9.17, 15) is 0 Å². The van der Waals surface area contributed by atoms with Crippen LogP contribution in [0.4, 0.5) is 0 Å². The molecule has 0 fully saturated rings. The molecule has 0 saturated heterocycles. The van der Waals surface area contributed by atoms with Crippen LogP contribution in [-0.2, 0) is 0 Å². The zero-order valence-corrected chi connectivity index (χ0v) is 9.75. The van der Waals surface area contributed by atoms with Crippen LogP contribution in [0.1, 0.15) is 6.92 Å². The summed E-state index contributed by atoms with van der Waals surface area (Å²) in [6.07, 6.45) is 0. The second-order valence-electron chi connectivity index (χ2n) is 3.26. The largest absolute Gasteiger partial charge is 0.494 e. The summed E-state index contributed by atoms with van der Waals surface area (Å²) in [5.41, 5.74) is 1.91. The first-order valence-corrected chi connectivity index (χ1v) is 5.49. The maximum absolute atomic E-state index is 5.37. The van der Waals surface area contributed by atoms with Crippen LogP contribution in [0.25, 0.3) is 11.3 Å².